The van der Waals surface area contributed by atoms with E-state index in [1.807, 2.05) is 43.3 Å². The summed E-state index contributed by atoms with van der Waals surface area (Å²) < 4.78 is 0. The van der Waals surface area contributed by atoms with Crippen LogP contribution >= 0.6 is 0 Å². The number of aryl methyl sites for hydroxylation is 1. The molecule has 2 nitrogen and oxygen atoms in total. The third-order valence-corrected chi connectivity index (χ3v) is 2.97. The van der Waals surface area contributed by atoms with Crippen LogP contribution in [0.5, 0.6) is 0 Å². The first-order valence-electron chi connectivity index (χ1n) is 5.91. The Morgan fingerprint density at radius 1 is 1.41 bits per heavy atom. The van der Waals surface area contributed by atoms with Crippen LogP contribution in [-0.2, 0) is 4.79 Å². The molecule has 1 amide bonds. The molecule has 0 fully saturated rings. The average Bonchev–Trinajstić information content (AvgIpc) is 2.29. The number of rotatable bonds is 2. The first-order valence-corrected chi connectivity index (χ1v) is 5.91. The number of amides is 1. The summed E-state index contributed by atoms with van der Waals surface area (Å²) >= 11 is 0. The van der Waals surface area contributed by atoms with Crippen LogP contribution < -0.4 is 5.32 Å². The van der Waals surface area contributed by atoms with Crippen LogP contribution in [0.25, 0.3) is 0 Å². The molecule has 1 atom stereocenters. The lowest BCUT2D eigenvalue weighted by molar-refractivity contribution is -0.113. The van der Waals surface area contributed by atoms with Crippen molar-refractivity contribution in [3.05, 3.63) is 53.6 Å². The van der Waals surface area contributed by atoms with Crippen molar-refractivity contribution in [2.45, 2.75) is 20.3 Å². The summed E-state index contributed by atoms with van der Waals surface area (Å²) in [6.45, 7) is 4.09. The lowest BCUT2D eigenvalue weighted by atomic mass is 9.93. The second-order valence-corrected chi connectivity index (χ2v) is 4.51. The van der Waals surface area contributed by atoms with Crippen molar-refractivity contribution < 1.29 is 4.79 Å². The number of hydrogen-bond acceptors (Lipinski definition) is 1. The second-order valence-electron chi connectivity index (χ2n) is 4.51. The van der Waals surface area contributed by atoms with E-state index in [-0.39, 0.29) is 5.91 Å². The summed E-state index contributed by atoms with van der Waals surface area (Å²) in [5.41, 5.74) is 2.86. The third-order valence-electron chi connectivity index (χ3n) is 2.97. The van der Waals surface area contributed by atoms with Crippen LogP contribution in [0.15, 0.2) is 48.1 Å². The van der Waals surface area contributed by atoms with E-state index in [4.69, 9.17) is 0 Å². The van der Waals surface area contributed by atoms with Gasteiger partial charge in [-0.15, -0.1) is 0 Å². The maximum Gasteiger partial charge on any atom is 0.251 e. The summed E-state index contributed by atoms with van der Waals surface area (Å²) in [6.07, 6.45) is 6.88. The van der Waals surface area contributed by atoms with Crippen LogP contribution in [0.4, 0.5) is 5.69 Å². The van der Waals surface area contributed by atoms with Gasteiger partial charge in [0.25, 0.3) is 5.91 Å². The molecule has 0 saturated heterocycles. The molecule has 1 unspecified atom stereocenters. The van der Waals surface area contributed by atoms with Gasteiger partial charge in [0.1, 0.15) is 0 Å². The molecule has 0 spiro atoms. The first-order chi connectivity index (χ1) is 8.16. The smallest absolute Gasteiger partial charge is 0.251 e. The van der Waals surface area contributed by atoms with Crippen LogP contribution in [0, 0.1) is 12.8 Å². The predicted molar refractivity (Wildman–Crippen MR) is 70.8 cm³/mol. The number of hydrogen-bond donors (Lipinski definition) is 1. The Morgan fingerprint density at radius 2 is 2.24 bits per heavy atom. The van der Waals surface area contributed by atoms with Crippen molar-refractivity contribution in [1.82, 2.24) is 0 Å². The predicted octanol–water partition coefficient (Wildman–Crippen LogP) is 3.46. The Kier molecular flexibility index (Phi) is 3.43. The van der Waals surface area contributed by atoms with Gasteiger partial charge in [0.05, 0.1) is 0 Å². The Morgan fingerprint density at radius 3 is 2.94 bits per heavy atom. The molecule has 0 bridgehead atoms. The summed E-state index contributed by atoms with van der Waals surface area (Å²) in [5.74, 6) is 0.303. The van der Waals surface area contributed by atoms with Gasteiger partial charge >= 0.3 is 0 Å². The fraction of sp³-hybridized carbons (Fsp3) is 0.267. The lowest BCUT2D eigenvalue weighted by Gasteiger charge is -2.16. The number of allylic oxidation sites excluding steroid dienone is 3. The van der Waals surface area contributed by atoms with Crippen molar-refractivity contribution in [1.29, 1.82) is 0 Å². The lowest BCUT2D eigenvalue weighted by Crippen LogP contribution is -2.19. The van der Waals surface area contributed by atoms with Crippen LogP contribution in [0.1, 0.15) is 18.9 Å². The van der Waals surface area contributed by atoms with Gasteiger partial charge in [-0.3, -0.25) is 4.79 Å². The summed E-state index contributed by atoms with van der Waals surface area (Å²) in [7, 11) is 0. The number of carbonyl (C=O) groups is 1. The second kappa shape index (κ2) is 5.00. The molecule has 1 N–H and O–H groups in total. The van der Waals surface area contributed by atoms with E-state index in [1.165, 1.54) is 0 Å². The van der Waals surface area contributed by atoms with Crippen LogP contribution in [0.2, 0.25) is 0 Å². The van der Waals surface area contributed by atoms with E-state index in [1.54, 1.807) is 0 Å². The fourth-order valence-corrected chi connectivity index (χ4v) is 1.97. The van der Waals surface area contributed by atoms with Crippen molar-refractivity contribution in [3.8, 4) is 0 Å². The molecule has 1 aliphatic carbocycles. The van der Waals surface area contributed by atoms with Crippen molar-refractivity contribution in [2.24, 2.45) is 5.92 Å². The number of carbonyl (C=O) groups excluding carboxylic acids is 1. The zero-order chi connectivity index (χ0) is 12.3. The van der Waals surface area contributed by atoms with Gasteiger partial charge in [0, 0.05) is 11.3 Å². The molecule has 0 aromatic heterocycles. The van der Waals surface area contributed by atoms with Gasteiger partial charge in [0.2, 0.25) is 0 Å². The standard InChI is InChI=1S/C15H17NO/c1-11-6-5-8-13(10-11)16-15(17)14-9-4-3-7-12(14)2/h3-6,8-10,12H,7H2,1-2H3,(H,16,17). The highest BCUT2D eigenvalue weighted by Gasteiger charge is 2.17. The van der Waals surface area contributed by atoms with Crippen molar-refractivity contribution >= 4 is 11.6 Å². The molecule has 2 heteroatoms. The minimum Gasteiger partial charge on any atom is -0.322 e. The monoisotopic (exact) mass is 227 g/mol. The first kappa shape index (κ1) is 11.6. The Hall–Kier alpha value is -1.83. The molecule has 1 aromatic rings. The van der Waals surface area contributed by atoms with E-state index in [0.29, 0.717) is 5.92 Å². The van der Waals surface area contributed by atoms with Gasteiger partial charge in [-0.25, -0.2) is 0 Å². The molecule has 2 rings (SSSR count). The maximum atomic E-state index is 12.1. The van der Waals surface area contributed by atoms with E-state index < -0.39 is 0 Å². The summed E-state index contributed by atoms with van der Waals surface area (Å²) in [4.78, 5) is 12.1. The molecule has 1 aliphatic rings. The van der Waals surface area contributed by atoms with Crippen LogP contribution in [-0.4, -0.2) is 5.91 Å². The molecule has 1 aromatic carbocycles. The third kappa shape index (κ3) is 2.84. The molecule has 0 aliphatic heterocycles. The highest BCUT2D eigenvalue weighted by atomic mass is 16.1. The van der Waals surface area contributed by atoms with Gasteiger partial charge in [0.15, 0.2) is 0 Å². The average molecular weight is 227 g/mol. The molecular weight excluding hydrogens is 210 g/mol. The highest BCUT2D eigenvalue weighted by molar-refractivity contribution is 6.04. The zero-order valence-electron chi connectivity index (χ0n) is 10.2. The van der Waals surface area contributed by atoms with Crippen molar-refractivity contribution in [3.63, 3.8) is 0 Å². The molecular formula is C15H17NO. The number of nitrogens with one attached hydrogen (secondary N) is 1. The van der Waals surface area contributed by atoms with E-state index >= 15 is 0 Å². The van der Waals surface area contributed by atoms with E-state index in [0.717, 1.165) is 23.2 Å². The maximum absolute atomic E-state index is 12.1. The number of benzene rings is 1. The Bertz CT molecular complexity index is 485. The summed E-state index contributed by atoms with van der Waals surface area (Å²) in [5, 5.41) is 2.94. The van der Waals surface area contributed by atoms with Gasteiger partial charge < -0.3 is 5.32 Å². The van der Waals surface area contributed by atoms with Gasteiger partial charge in [-0.1, -0.05) is 37.3 Å². The quantitative estimate of drug-likeness (QED) is 0.823. The Labute approximate surface area is 102 Å². The Balaban J connectivity index is 2.12. The topological polar surface area (TPSA) is 29.1 Å². The SMILES string of the molecule is Cc1cccc(NC(=O)C2=CC=CCC2C)c1. The fourth-order valence-electron chi connectivity index (χ4n) is 1.97. The van der Waals surface area contributed by atoms with Gasteiger partial charge in [-0.2, -0.15) is 0 Å². The highest BCUT2D eigenvalue weighted by Crippen LogP contribution is 2.21. The van der Waals surface area contributed by atoms with E-state index in [2.05, 4.69) is 18.3 Å². The normalized spacial score (nSPS) is 18.7. The van der Waals surface area contributed by atoms with E-state index in [9.17, 15) is 4.79 Å². The molecule has 88 valence electrons. The van der Waals surface area contributed by atoms with Crippen LogP contribution in [0.3, 0.4) is 0 Å². The molecule has 0 saturated carbocycles. The molecule has 0 heterocycles. The number of anilines is 1. The largest absolute Gasteiger partial charge is 0.322 e. The van der Waals surface area contributed by atoms with Gasteiger partial charge in [-0.05, 0) is 37.0 Å². The molecule has 0 radical (unpaired) electrons. The zero-order valence-corrected chi connectivity index (χ0v) is 10.2. The molecule has 17 heavy (non-hydrogen) atoms. The minimum atomic E-state index is 0.00690. The van der Waals surface area contributed by atoms with Crippen molar-refractivity contribution in [2.75, 3.05) is 5.32 Å². The minimum absolute atomic E-state index is 0.00690. The summed E-state index contributed by atoms with van der Waals surface area (Å²) in [6, 6.07) is 7.85.